The molecule has 0 spiro atoms. The van der Waals surface area contributed by atoms with Crippen molar-refractivity contribution in [1.82, 2.24) is 4.98 Å². The first-order valence-corrected chi connectivity index (χ1v) is 8.56. The third kappa shape index (κ3) is 4.58. The fraction of sp³-hybridized carbons (Fsp3) is 0.0556. The average Bonchev–Trinajstić information content (AvgIpc) is 3.11. The zero-order valence-electron chi connectivity index (χ0n) is 13.9. The summed E-state index contributed by atoms with van der Waals surface area (Å²) >= 11 is 1.17. The summed E-state index contributed by atoms with van der Waals surface area (Å²) in [6.45, 7) is 0. The minimum absolute atomic E-state index is 0.216. The van der Waals surface area contributed by atoms with E-state index in [1.165, 1.54) is 11.3 Å². The second-order valence-corrected chi connectivity index (χ2v) is 6.03. The number of nitrogens with one attached hydrogen (secondary N) is 3. The molecule has 0 aliphatic heterocycles. The number of thiazole rings is 1. The molecule has 8 heteroatoms. The summed E-state index contributed by atoms with van der Waals surface area (Å²) < 4.78 is 5.12. The summed E-state index contributed by atoms with van der Waals surface area (Å²) in [5, 5.41) is 9.93. The molecule has 0 saturated heterocycles. The van der Waals surface area contributed by atoms with Gasteiger partial charge in [0, 0.05) is 22.8 Å². The summed E-state index contributed by atoms with van der Waals surface area (Å²) in [4.78, 5) is 28.4. The lowest BCUT2D eigenvalue weighted by Gasteiger charge is -2.06. The van der Waals surface area contributed by atoms with Crippen molar-refractivity contribution in [2.75, 3.05) is 23.1 Å². The normalized spacial score (nSPS) is 10.0. The Morgan fingerprint density at radius 2 is 1.73 bits per heavy atom. The van der Waals surface area contributed by atoms with Crippen molar-refractivity contribution in [3.05, 3.63) is 65.7 Å². The number of urea groups is 1. The number of hydrogen-bond acceptors (Lipinski definition) is 5. The second kappa shape index (κ2) is 8.13. The molecule has 7 nitrogen and oxygen atoms in total. The van der Waals surface area contributed by atoms with Crippen LogP contribution in [0.1, 0.15) is 10.5 Å². The van der Waals surface area contributed by atoms with E-state index in [4.69, 9.17) is 4.74 Å². The number of methoxy groups -OCH3 is 1. The van der Waals surface area contributed by atoms with Crippen LogP contribution in [0.15, 0.2) is 60.0 Å². The third-order valence-corrected chi connectivity index (χ3v) is 4.07. The third-order valence-electron chi connectivity index (χ3n) is 3.32. The topological polar surface area (TPSA) is 92.4 Å². The lowest BCUT2D eigenvalue weighted by Crippen LogP contribution is -2.19. The second-order valence-electron chi connectivity index (χ2n) is 5.17. The van der Waals surface area contributed by atoms with Crippen LogP contribution in [0.3, 0.4) is 0 Å². The van der Waals surface area contributed by atoms with Crippen LogP contribution in [0.2, 0.25) is 0 Å². The minimum Gasteiger partial charge on any atom is -0.497 e. The van der Waals surface area contributed by atoms with Crippen LogP contribution in [-0.2, 0) is 0 Å². The molecule has 0 aliphatic carbocycles. The minimum atomic E-state index is -0.426. The predicted molar refractivity (Wildman–Crippen MR) is 102 cm³/mol. The van der Waals surface area contributed by atoms with Gasteiger partial charge in [-0.1, -0.05) is 24.3 Å². The molecule has 2 aromatic carbocycles. The maximum atomic E-state index is 12.3. The van der Waals surface area contributed by atoms with Crippen LogP contribution < -0.4 is 20.7 Å². The van der Waals surface area contributed by atoms with Crippen molar-refractivity contribution in [2.45, 2.75) is 0 Å². The standard InChI is InChI=1S/C18H16N4O3S/c1-25-14-9-5-8-13(10-14)19-16(23)15-11-26-18(21-15)22-17(24)20-12-6-3-2-4-7-12/h2-11H,1H3,(H,19,23)(H2,20,21,22,24). The van der Waals surface area contributed by atoms with Crippen LogP contribution >= 0.6 is 11.3 Å². The number of aromatic nitrogens is 1. The molecule has 3 aromatic rings. The highest BCUT2D eigenvalue weighted by atomic mass is 32.1. The zero-order chi connectivity index (χ0) is 18.4. The van der Waals surface area contributed by atoms with Crippen molar-refractivity contribution < 1.29 is 14.3 Å². The van der Waals surface area contributed by atoms with Crippen LogP contribution in [0, 0.1) is 0 Å². The molecule has 1 heterocycles. The number of nitrogens with zero attached hydrogens (tertiary/aromatic N) is 1. The number of carbonyl (C=O) groups excluding carboxylic acids is 2. The largest absolute Gasteiger partial charge is 0.497 e. The van der Waals surface area contributed by atoms with Gasteiger partial charge < -0.3 is 15.4 Å². The highest BCUT2D eigenvalue weighted by Crippen LogP contribution is 2.20. The summed E-state index contributed by atoms with van der Waals surface area (Å²) in [6, 6.07) is 15.6. The van der Waals surface area contributed by atoms with Gasteiger partial charge in [0.25, 0.3) is 5.91 Å². The van der Waals surface area contributed by atoms with Gasteiger partial charge in [-0.3, -0.25) is 10.1 Å². The van der Waals surface area contributed by atoms with Crippen LogP contribution in [0.25, 0.3) is 0 Å². The highest BCUT2D eigenvalue weighted by Gasteiger charge is 2.13. The Bertz CT molecular complexity index is 912. The Morgan fingerprint density at radius 1 is 0.962 bits per heavy atom. The molecule has 1 aromatic heterocycles. The monoisotopic (exact) mass is 368 g/mol. The van der Waals surface area contributed by atoms with Gasteiger partial charge in [-0.15, -0.1) is 11.3 Å². The van der Waals surface area contributed by atoms with Gasteiger partial charge >= 0.3 is 6.03 Å². The van der Waals surface area contributed by atoms with E-state index in [9.17, 15) is 9.59 Å². The maximum absolute atomic E-state index is 12.3. The van der Waals surface area contributed by atoms with Gasteiger partial charge in [-0.25, -0.2) is 9.78 Å². The molecule has 26 heavy (non-hydrogen) atoms. The molecular weight excluding hydrogens is 352 g/mol. The van der Waals surface area contributed by atoms with Crippen LogP contribution in [-0.4, -0.2) is 24.0 Å². The Hall–Kier alpha value is -3.39. The quantitative estimate of drug-likeness (QED) is 0.633. The molecule has 0 aliphatic rings. The van der Waals surface area contributed by atoms with E-state index >= 15 is 0 Å². The van der Waals surface area contributed by atoms with Crippen molar-refractivity contribution in [3.8, 4) is 5.75 Å². The Balaban J connectivity index is 1.60. The van der Waals surface area contributed by atoms with Crippen molar-refractivity contribution in [2.24, 2.45) is 0 Å². The van der Waals surface area contributed by atoms with Gasteiger partial charge in [-0.2, -0.15) is 0 Å². The Labute approximate surface area is 154 Å². The first-order chi connectivity index (χ1) is 12.6. The fourth-order valence-electron chi connectivity index (χ4n) is 2.11. The molecule has 3 amide bonds. The number of hydrogen-bond donors (Lipinski definition) is 3. The molecule has 0 unspecified atom stereocenters. The highest BCUT2D eigenvalue weighted by molar-refractivity contribution is 7.14. The smallest absolute Gasteiger partial charge is 0.325 e. The number of anilines is 3. The van der Waals surface area contributed by atoms with E-state index < -0.39 is 6.03 Å². The number of para-hydroxylation sites is 1. The van der Waals surface area contributed by atoms with Gasteiger partial charge in [0.15, 0.2) is 5.13 Å². The van der Waals surface area contributed by atoms with E-state index in [2.05, 4.69) is 20.9 Å². The molecule has 3 N–H and O–H groups in total. The molecule has 0 saturated carbocycles. The van der Waals surface area contributed by atoms with Gasteiger partial charge in [-0.05, 0) is 24.3 Å². The molecule has 0 radical (unpaired) electrons. The molecular formula is C18H16N4O3S. The SMILES string of the molecule is COc1cccc(NC(=O)c2csc(NC(=O)Nc3ccccc3)n2)c1. The Morgan fingerprint density at radius 3 is 2.50 bits per heavy atom. The maximum Gasteiger partial charge on any atom is 0.325 e. The van der Waals surface area contributed by atoms with Crippen molar-refractivity contribution >= 4 is 39.8 Å². The van der Waals surface area contributed by atoms with E-state index in [0.717, 1.165) is 0 Å². The first kappa shape index (κ1) is 17.4. The molecule has 132 valence electrons. The van der Waals surface area contributed by atoms with E-state index in [0.29, 0.717) is 22.3 Å². The fourth-order valence-corrected chi connectivity index (χ4v) is 2.80. The summed E-state index contributed by atoms with van der Waals surface area (Å²) in [5.41, 5.74) is 1.48. The predicted octanol–water partition coefficient (Wildman–Crippen LogP) is 4.05. The van der Waals surface area contributed by atoms with Crippen LogP contribution in [0.4, 0.5) is 21.3 Å². The number of rotatable bonds is 5. The summed E-state index contributed by atoms with van der Waals surface area (Å²) in [6.07, 6.45) is 0. The molecule has 0 fully saturated rings. The first-order valence-electron chi connectivity index (χ1n) is 7.68. The van der Waals surface area contributed by atoms with Crippen molar-refractivity contribution in [1.29, 1.82) is 0 Å². The molecule has 0 atom stereocenters. The van der Waals surface area contributed by atoms with Gasteiger partial charge in [0.1, 0.15) is 11.4 Å². The molecule has 3 rings (SSSR count). The molecule has 0 bridgehead atoms. The number of benzene rings is 2. The zero-order valence-corrected chi connectivity index (χ0v) is 14.7. The van der Waals surface area contributed by atoms with E-state index in [-0.39, 0.29) is 11.6 Å². The average molecular weight is 368 g/mol. The van der Waals surface area contributed by atoms with E-state index in [1.54, 1.807) is 48.9 Å². The lowest BCUT2D eigenvalue weighted by molar-refractivity contribution is 0.102. The van der Waals surface area contributed by atoms with Crippen molar-refractivity contribution in [3.63, 3.8) is 0 Å². The van der Waals surface area contributed by atoms with Crippen LogP contribution in [0.5, 0.6) is 5.75 Å². The number of amides is 3. The summed E-state index contributed by atoms with van der Waals surface area (Å²) in [5.74, 6) is 0.270. The lowest BCUT2D eigenvalue weighted by atomic mass is 10.3. The van der Waals surface area contributed by atoms with E-state index in [1.807, 2.05) is 18.2 Å². The number of ether oxygens (including phenoxy) is 1. The van der Waals surface area contributed by atoms with Gasteiger partial charge in [0.05, 0.1) is 7.11 Å². The van der Waals surface area contributed by atoms with Gasteiger partial charge in [0.2, 0.25) is 0 Å². The number of carbonyl (C=O) groups is 2. The Kier molecular flexibility index (Phi) is 5.45. The summed E-state index contributed by atoms with van der Waals surface area (Å²) in [7, 11) is 1.56.